The summed E-state index contributed by atoms with van der Waals surface area (Å²) in [5.74, 6) is 2.46. The summed E-state index contributed by atoms with van der Waals surface area (Å²) in [6.07, 6.45) is 0.883. The topological polar surface area (TPSA) is 58.1 Å². The Balaban J connectivity index is 2.68. The minimum atomic E-state index is 0.0177. The first-order valence-corrected chi connectivity index (χ1v) is 9.92. The van der Waals surface area contributed by atoms with Gasteiger partial charge in [-0.2, -0.15) is 0 Å². The van der Waals surface area contributed by atoms with Crippen LogP contribution in [-0.2, 0) is 6.42 Å². The Bertz CT molecular complexity index is 586. The Labute approximate surface area is 165 Å². The molecule has 0 aliphatic rings. The molecule has 6 heteroatoms. The van der Waals surface area contributed by atoms with Crippen LogP contribution in [0.3, 0.4) is 0 Å². The lowest BCUT2D eigenvalue weighted by molar-refractivity contribution is 0.204. The number of guanidine groups is 1. The standard InChI is InChI=1S/C21H38N4O2/c1-8-22-20(24-16-21(4,5)25(6)7)23-14-13-17-11-12-18(26-9-2)19(15-17)27-10-3/h11-12,15H,8-10,13-14,16H2,1-7H3,(H2,22,23,24). The van der Waals surface area contributed by atoms with Crippen LogP contribution in [0.25, 0.3) is 0 Å². The zero-order valence-corrected chi connectivity index (χ0v) is 18.2. The van der Waals surface area contributed by atoms with Crippen molar-refractivity contribution in [1.82, 2.24) is 15.5 Å². The molecule has 0 heterocycles. The first-order chi connectivity index (χ1) is 12.8. The van der Waals surface area contributed by atoms with Crippen LogP contribution in [0.5, 0.6) is 11.5 Å². The van der Waals surface area contributed by atoms with E-state index < -0.39 is 0 Å². The van der Waals surface area contributed by atoms with Crippen molar-refractivity contribution >= 4 is 5.96 Å². The van der Waals surface area contributed by atoms with Gasteiger partial charge < -0.3 is 25.0 Å². The van der Waals surface area contributed by atoms with Crippen molar-refractivity contribution < 1.29 is 9.47 Å². The quantitative estimate of drug-likeness (QED) is 0.458. The van der Waals surface area contributed by atoms with E-state index in [1.165, 1.54) is 5.56 Å². The third kappa shape index (κ3) is 8.08. The monoisotopic (exact) mass is 378 g/mol. The van der Waals surface area contributed by atoms with E-state index in [-0.39, 0.29) is 5.54 Å². The highest BCUT2D eigenvalue weighted by atomic mass is 16.5. The smallest absolute Gasteiger partial charge is 0.191 e. The van der Waals surface area contributed by atoms with Gasteiger partial charge in [0.15, 0.2) is 17.5 Å². The van der Waals surface area contributed by atoms with Crippen LogP contribution in [-0.4, -0.2) is 63.3 Å². The Morgan fingerprint density at radius 2 is 1.70 bits per heavy atom. The normalized spacial score (nSPS) is 12.2. The van der Waals surface area contributed by atoms with Gasteiger partial charge in [-0.1, -0.05) is 6.07 Å². The van der Waals surface area contributed by atoms with Gasteiger partial charge in [0.2, 0.25) is 0 Å². The number of benzene rings is 1. The van der Waals surface area contributed by atoms with Crippen molar-refractivity contribution in [2.45, 2.75) is 46.6 Å². The second kappa shape index (κ2) is 11.7. The van der Waals surface area contributed by atoms with E-state index in [1.54, 1.807) is 0 Å². The number of likely N-dealkylation sites (N-methyl/N-ethyl adjacent to an activating group) is 1. The van der Waals surface area contributed by atoms with Gasteiger partial charge in [0.05, 0.1) is 19.8 Å². The first kappa shape index (κ1) is 23.1. The molecule has 0 saturated carbocycles. The SMILES string of the molecule is CCNC(=NCC(C)(C)N(C)C)NCCc1ccc(OCC)c(OCC)c1. The lowest BCUT2D eigenvalue weighted by Gasteiger charge is -2.31. The highest BCUT2D eigenvalue weighted by molar-refractivity contribution is 5.79. The van der Waals surface area contributed by atoms with Crippen LogP contribution < -0.4 is 20.1 Å². The Kier molecular flexibility index (Phi) is 10.0. The highest BCUT2D eigenvalue weighted by Crippen LogP contribution is 2.28. The third-order valence-electron chi connectivity index (χ3n) is 4.49. The number of rotatable bonds is 11. The molecule has 0 amide bonds. The van der Waals surface area contributed by atoms with Gasteiger partial charge in [0, 0.05) is 18.6 Å². The molecule has 154 valence electrons. The molecule has 0 unspecified atom stereocenters. The predicted octanol–water partition coefficient (Wildman–Crippen LogP) is 2.92. The van der Waals surface area contributed by atoms with Crippen molar-refractivity contribution in [2.75, 3.05) is 46.9 Å². The van der Waals surface area contributed by atoms with Crippen LogP contribution in [0.15, 0.2) is 23.2 Å². The first-order valence-electron chi connectivity index (χ1n) is 9.92. The van der Waals surface area contributed by atoms with Gasteiger partial charge in [0.25, 0.3) is 0 Å². The number of hydrogen-bond donors (Lipinski definition) is 2. The van der Waals surface area contributed by atoms with Crippen molar-refractivity contribution in [3.05, 3.63) is 23.8 Å². The largest absolute Gasteiger partial charge is 0.490 e. The summed E-state index contributed by atoms with van der Waals surface area (Å²) in [6, 6.07) is 6.15. The van der Waals surface area contributed by atoms with E-state index in [2.05, 4.69) is 62.5 Å². The van der Waals surface area contributed by atoms with Crippen molar-refractivity contribution in [2.24, 2.45) is 4.99 Å². The summed E-state index contributed by atoms with van der Waals surface area (Å²) in [4.78, 5) is 6.92. The van der Waals surface area contributed by atoms with Crippen LogP contribution in [0.1, 0.15) is 40.2 Å². The fourth-order valence-corrected chi connectivity index (χ4v) is 2.33. The van der Waals surface area contributed by atoms with Crippen molar-refractivity contribution in [3.63, 3.8) is 0 Å². The second-order valence-electron chi connectivity index (χ2n) is 7.23. The van der Waals surface area contributed by atoms with E-state index in [0.29, 0.717) is 13.2 Å². The van der Waals surface area contributed by atoms with Crippen LogP contribution in [0, 0.1) is 0 Å². The molecular formula is C21H38N4O2. The molecule has 0 fully saturated rings. The summed E-state index contributed by atoms with van der Waals surface area (Å²) in [5, 5.41) is 6.73. The molecular weight excluding hydrogens is 340 g/mol. The minimum absolute atomic E-state index is 0.0177. The molecule has 1 aromatic rings. The summed E-state index contributed by atoms with van der Waals surface area (Å²) in [6.45, 7) is 14.0. The minimum Gasteiger partial charge on any atom is -0.490 e. The number of nitrogens with zero attached hydrogens (tertiary/aromatic N) is 2. The lowest BCUT2D eigenvalue weighted by atomic mass is 10.1. The maximum atomic E-state index is 5.71. The van der Waals surface area contributed by atoms with Crippen LogP contribution in [0.4, 0.5) is 0 Å². The highest BCUT2D eigenvalue weighted by Gasteiger charge is 2.19. The lowest BCUT2D eigenvalue weighted by Crippen LogP contribution is -2.44. The number of nitrogens with one attached hydrogen (secondary N) is 2. The average molecular weight is 379 g/mol. The molecule has 0 atom stereocenters. The van der Waals surface area contributed by atoms with E-state index in [1.807, 2.05) is 19.9 Å². The summed E-state index contributed by atoms with van der Waals surface area (Å²) < 4.78 is 11.3. The third-order valence-corrected chi connectivity index (χ3v) is 4.49. The Morgan fingerprint density at radius 3 is 2.30 bits per heavy atom. The Hall–Kier alpha value is -1.95. The summed E-state index contributed by atoms with van der Waals surface area (Å²) in [7, 11) is 4.16. The Morgan fingerprint density at radius 1 is 1.04 bits per heavy atom. The molecule has 27 heavy (non-hydrogen) atoms. The van der Waals surface area contributed by atoms with Gasteiger partial charge in [-0.3, -0.25) is 4.99 Å². The predicted molar refractivity (Wildman–Crippen MR) is 114 cm³/mol. The van der Waals surface area contributed by atoms with Crippen molar-refractivity contribution in [1.29, 1.82) is 0 Å². The van der Waals surface area contributed by atoms with E-state index >= 15 is 0 Å². The molecule has 6 nitrogen and oxygen atoms in total. The van der Waals surface area contributed by atoms with Crippen LogP contribution >= 0.6 is 0 Å². The van der Waals surface area contributed by atoms with E-state index in [9.17, 15) is 0 Å². The van der Waals surface area contributed by atoms with E-state index in [4.69, 9.17) is 14.5 Å². The van der Waals surface area contributed by atoms with Gasteiger partial charge in [-0.05, 0) is 72.8 Å². The van der Waals surface area contributed by atoms with Gasteiger partial charge in [-0.15, -0.1) is 0 Å². The second-order valence-corrected chi connectivity index (χ2v) is 7.23. The zero-order valence-electron chi connectivity index (χ0n) is 18.2. The maximum Gasteiger partial charge on any atom is 0.191 e. The van der Waals surface area contributed by atoms with E-state index in [0.717, 1.165) is 43.5 Å². The molecule has 0 aliphatic heterocycles. The zero-order chi connectivity index (χ0) is 20.3. The molecule has 2 N–H and O–H groups in total. The maximum absolute atomic E-state index is 5.71. The average Bonchev–Trinajstić information content (AvgIpc) is 2.62. The molecule has 0 aromatic heterocycles. The van der Waals surface area contributed by atoms with Crippen LogP contribution in [0.2, 0.25) is 0 Å². The van der Waals surface area contributed by atoms with Gasteiger partial charge in [-0.25, -0.2) is 0 Å². The van der Waals surface area contributed by atoms with Gasteiger partial charge in [0.1, 0.15) is 0 Å². The fraction of sp³-hybridized carbons (Fsp3) is 0.667. The number of aliphatic imine (C=N–C) groups is 1. The van der Waals surface area contributed by atoms with Gasteiger partial charge >= 0.3 is 0 Å². The molecule has 1 aromatic carbocycles. The molecule has 0 bridgehead atoms. The molecule has 0 aliphatic carbocycles. The molecule has 0 spiro atoms. The summed E-state index contributed by atoms with van der Waals surface area (Å²) >= 11 is 0. The number of ether oxygens (including phenoxy) is 2. The molecule has 0 radical (unpaired) electrons. The molecule has 1 rings (SSSR count). The number of hydrogen-bond acceptors (Lipinski definition) is 4. The van der Waals surface area contributed by atoms with Crippen molar-refractivity contribution in [3.8, 4) is 11.5 Å². The molecule has 0 saturated heterocycles. The summed E-state index contributed by atoms with van der Waals surface area (Å²) in [5.41, 5.74) is 1.23. The fourth-order valence-electron chi connectivity index (χ4n) is 2.33.